The molecule has 1 nitrogen and oxygen atoms in total. The normalized spacial score (nSPS) is 13.4. The van der Waals surface area contributed by atoms with Gasteiger partial charge >= 0.3 is 0 Å². The van der Waals surface area contributed by atoms with Crippen molar-refractivity contribution in [2.24, 2.45) is 5.73 Å². The fourth-order valence-corrected chi connectivity index (χ4v) is 1.01. The van der Waals surface area contributed by atoms with Crippen LogP contribution in [0.3, 0.4) is 0 Å². The molecule has 0 heterocycles. The van der Waals surface area contributed by atoms with Gasteiger partial charge in [0.2, 0.25) is 0 Å². The zero-order chi connectivity index (χ0) is 10.0. The summed E-state index contributed by atoms with van der Waals surface area (Å²) >= 11 is 0. The van der Waals surface area contributed by atoms with Gasteiger partial charge in [0.05, 0.1) is 5.56 Å². The molecule has 1 atom stereocenters. The molecule has 0 aliphatic heterocycles. The Morgan fingerprint density at radius 2 is 1.92 bits per heavy atom. The van der Waals surface area contributed by atoms with Crippen molar-refractivity contribution in [3.05, 3.63) is 35.1 Å². The van der Waals surface area contributed by atoms with Crippen LogP contribution in [-0.2, 0) is 0 Å². The summed E-state index contributed by atoms with van der Waals surface area (Å²) in [6, 6.07) is 3.16. The molecule has 13 heavy (non-hydrogen) atoms. The summed E-state index contributed by atoms with van der Waals surface area (Å²) in [5.74, 6) is -0.889. The highest BCUT2D eigenvalue weighted by atomic mass is 19.3. The first kappa shape index (κ1) is 10.1. The van der Waals surface area contributed by atoms with Crippen molar-refractivity contribution in [2.75, 3.05) is 0 Å². The molecule has 1 rings (SSSR count). The largest absolute Gasteiger partial charge is 0.324 e. The van der Waals surface area contributed by atoms with E-state index in [4.69, 9.17) is 5.73 Å². The van der Waals surface area contributed by atoms with Gasteiger partial charge in [-0.1, -0.05) is 6.07 Å². The lowest BCUT2D eigenvalue weighted by Gasteiger charge is -2.08. The lowest BCUT2D eigenvalue weighted by Crippen LogP contribution is -2.06. The molecular weight excluding hydrogens is 179 g/mol. The number of benzene rings is 1. The van der Waals surface area contributed by atoms with Crippen LogP contribution in [0.1, 0.15) is 30.5 Å². The number of alkyl halides is 2. The molecular formula is C9H10F3N. The molecule has 0 spiro atoms. The highest BCUT2D eigenvalue weighted by Gasteiger charge is 2.14. The minimum atomic E-state index is -2.79. The van der Waals surface area contributed by atoms with Gasteiger partial charge in [-0.3, -0.25) is 0 Å². The van der Waals surface area contributed by atoms with Crippen LogP contribution in [0.25, 0.3) is 0 Å². The van der Waals surface area contributed by atoms with Crippen LogP contribution >= 0.6 is 0 Å². The molecule has 0 aromatic heterocycles. The predicted octanol–water partition coefficient (Wildman–Crippen LogP) is 2.78. The molecule has 1 aromatic rings. The average Bonchev–Trinajstić information content (AvgIpc) is 2.04. The molecule has 72 valence electrons. The van der Waals surface area contributed by atoms with Crippen LogP contribution in [0.5, 0.6) is 0 Å². The maximum Gasteiger partial charge on any atom is 0.266 e. The highest BCUT2D eigenvalue weighted by Crippen LogP contribution is 2.24. The molecule has 1 unspecified atom stereocenters. The zero-order valence-corrected chi connectivity index (χ0v) is 7.10. The second kappa shape index (κ2) is 3.79. The molecule has 4 heteroatoms. The SMILES string of the molecule is CC(N)c1ccc(F)c(C(F)F)c1. The van der Waals surface area contributed by atoms with Crippen molar-refractivity contribution < 1.29 is 13.2 Å². The third kappa shape index (κ3) is 2.21. The van der Waals surface area contributed by atoms with E-state index in [9.17, 15) is 13.2 Å². The van der Waals surface area contributed by atoms with E-state index in [1.165, 1.54) is 6.07 Å². The van der Waals surface area contributed by atoms with Gasteiger partial charge in [0, 0.05) is 6.04 Å². The second-order valence-electron chi connectivity index (χ2n) is 2.87. The van der Waals surface area contributed by atoms with E-state index in [1.54, 1.807) is 6.92 Å². The van der Waals surface area contributed by atoms with Crippen LogP contribution in [0.4, 0.5) is 13.2 Å². The Balaban J connectivity index is 3.11. The summed E-state index contributed by atoms with van der Waals surface area (Å²) in [6.45, 7) is 1.66. The van der Waals surface area contributed by atoms with Crippen LogP contribution in [0.2, 0.25) is 0 Å². The maximum atomic E-state index is 12.8. The van der Waals surface area contributed by atoms with E-state index in [0.29, 0.717) is 5.56 Å². The number of rotatable bonds is 2. The first-order valence-electron chi connectivity index (χ1n) is 3.85. The fraction of sp³-hybridized carbons (Fsp3) is 0.333. The summed E-state index contributed by atoms with van der Waals surface area (Å²) < 4.78 is 37.1. The van der Waals surface area contributed by atoms with Gasteiger partial charge < -0.3 is 5.73 Å². The molecule has 0 bridgehead atoms. The molecule has 2 N–H and O–H groups in total. The van der Waals surface area contributed by atoms with Gasteiger partial charge in [-0.05, 0) is 24.6 Å². The summed E-state index contributed by atoms with van der Waals surface area (Å²) in [5, 5.41) is 0. The summed E-state index contributed by atoms with van der Waals surface area (Å²) in [6.07, 6.45) is -2.79. The van der Waals surface area contributed by atoms with E-state index in [0.717, 1.165) is 12.1 Å². The van der Waals surface area contributed by atoms with Gasteiger partial charge in [-0.2, -0.15) is 0 Å². The van der Waals surface area contributed by atoms with E-state index in [-0.39, 0.29) is 6.04 Å². The zero-order valence-electron chi connectivity index (χ0n) is 7.10. The summed E-state index contributed by atoms with van der Waals surface area (Å²) in [5.41, 5.74) is 5.39. The summed E-state index contributed by atoms with van der Waals surface area (Å²) in [4.78, 5) is 0. The molecule has 0 aliphatic carbocycles. The third-order valence-corrected chi connectivity index (χ3v) is 1.78. The minimum Gasteiger partial charge on any atom is -0.324 e. The van der Waals surface area contributed by atoms with Gasteiger partial charge in [0.1, 0.15) is 5.82 Å². The van der Waals surface area contributed by atoms with Crippen LogP contribution in [-0.4, -0.2) is 0 Å². The van der Waals surface area contributed by atoms with Crippen molar-refractivity contribution in [1.82, 2.24) is 0 Å². The number of hydrogen-bond donors (Lipinski definition) is 1. The smallest absolute Gasteiger partial charge is 0.266 e. The van der Waals surface area contributed by atoms with E-state index in [1.807, 2.05) is 0 Å². The van der Waals surface area contributed by atoms with Gasteiger partial charge in [0.15, 0.2) is 0 Å². The Labute approximate surface area is 74.4 Å². The highest BCUT2D eigenvalue weighted by molar-refractivity contribution is 5.27. The Kier molecular flexibility index (Phi) is 2.93. The summed E-state index contributed by atoms with van der Waals surface area (Å²) in [7, 11) is 0. The second-order valence-corrected chi connectivity index (χ2v) is 2.87. The van der Waals surface area contributed by atoms with Gasteiger partial charge in [-0.25, -0.2) is 13.2 Å². The minimum absolute atomic E-state index is 0.363. The van der Waals surface area contributed by atoms with E-state index >= 15 is 0 Å². The van der Waals surface area contributed by atoms with Gasteiger partial charge in [-0.15, -0.1) is 0 Å². The van der Waals surface area contributed by atoms with Crippen molar-refractivity contribution in [2.45, 2.75) is 19.4 Å². The maximum absolute atomic E-state index is 12.8. The number of nitrogens with two attached hydrogens (primary N) is 1. The third-order valence-electron chi connectivity index (χ3n) is 1.78. The topological polar surface area (TPSA) is 26.0 Å². The molecule has 0 aliphatic rings. The first-order valence-corrected chi connectivity index (χ1v) is 3.85. The standard InChI is InChI=1S/C9H10F3N/c1-5(13)6-2-3-8(10)7(4-6)9(11)12/h2-5,9H,13H2,1H3. The molecule has 0 fully saturated rings. The van der Waals surface area contributed by atoms with Crippen molar-refractivity contribution in [3.63, 3.8) is 0 Å². The Morgan fingerprint density at radius 3 is 2.38 bits per heavy atom. The van der Waals surface area contributed by atoms with Crippen LogP contribution < -0.4 is 5.73 Å². The van der Waals surface area contributed by atoms with Gasteiger partial charge in [0.25, 0.3) is 6.43 Å². The average molecular weight is 189 g/mol. The first-order chi connectivity index (χ1) is 6.02. The Bertz CT molecular complexity index is 297. The predicted molar refractivity (Wildman–Crippen MR) is 44.0 cm³/mol. The fourth-order valence-electron chi connectivity index (χ4n) is 1.01. The Morgan fingerprint density at radius 1 is 1.31 bits per heavy atom. The van der Waals surface area contributed by atoms with Crippen LogP contribution in [0, 0.1) is 5.82 Å². The quantitative estimate of drug-likeness (QED) is 0.760. The lowest BCUT2D eigenvalue weighted by atomic mass is 10.1. The molecule has 1 aromatic carbocycles. The van der Waals surface area contributed by atoms with Crippen molar-refractivity contribution in [1.29, 1.82) is 0 Å². The monoisotopic (exact) mass is 189 g/mol. The molecule has 0 radical (unpaired) electrons. The van der Waals surface area contributed by atoms with Crippen LogP contribution in [0.15, 0.2) is 18.2 Å². The van der Waals surface area contributed by atoms with E-state index < -0.39 is 17.8 Å². The number of halogens is 3. The molecule has 0 saturated heterocycles. The van der Waals surface area contributed by atoms with Crippen molar-refractivity contribution >= 4 is 0 Å². The van der Waals surface area contributed by atoms with E-state index in [2.05, 4.69) is 0 Å². The molecule has 0 saturated carbocycles. The molecule has 0 amide bonds. The Hall–Kier alpha value is -1.03. The number of hydrogen-bond acceptors (Lipinski definition) is 1. The lowest BCUT2D eigenvalue weighted by molar-refractivity contribution is 0.146. The van der Waals surface area contributed by atoms with Crippen molar-refractivity contribution in [3.8, 4) is 0 Å².